The molecule has 0 nitrogen and oxygen atoms in total. The molecule has 0 aliphatic carbocycles. The van der Waals surface area contributed by atoms with Gasteiger partial charge in [-0.15, -0.1) is 11.3 Å². The highest BCUT2D eigenvalue weighted by Crippen LogP contribution is 2.44. The smallest absolute Gasteiger partial charge is 0.166 e. The standard InChI is InChI=1S/C12H6Br2ClF3S/c13-8-5-9(19-11(8)15)10(14)6-3-1-2-4-7(6)12(16,17)18/h1-5,10H. The zero-order chi connectivity index (χ0) is 14.2. The van der Waals surface area contributed by atoms with E-state index in [1.807, 2.05) is 0 Å². The Bertz CT molecular complexity index is 575. The van der Waals surface area contributed by atoms with Gasteiger partial charge in [0.05, 0.1) is 10.4 Å². The lowest BCUT2D eigenvalue weighted by Gasteiger charge is -2.16. The Labute approximate surface area is 133 Å². The molecule has 0 bridgehead atoms. The normalized spacial score (nSPS) is 13.6. The van der Waals surface area contributed by atoms with E-state index in [2.05, 4.69) is 31.9 Å². The van der Waals surface area contributed by atoms with Crippen LogP contribution in [0.1, 0.15) is 20.8 Å². The van der Waals surface area contributed by atoms with Crippen molar-refractivity contribution in [1.29, 1.82) is 0 Å². The molecule has 1 unspecified atom stereocenters. The quantitative estimate of drug-likeness (QED) is 0.463. The molecule has 102 valence electrons. The third-order valence-electron chi connectivity index (χ3n) is 2.45. The Hall–Kier alpha value is -0.0400. The predicted octanol–water partition coefficient (Wildman–Crippen LogP) is 6.67. The summed E-state index contributed by atoms with van der Waals surface area (Å²) in [4.78, 5) is 0.174. The van der Waals surface area contributed by atoms with E-state index in [1.165, 1.54) is 23.5 Å². The molecule has 0 aliphatic heterocycles. The summed E-state index contributed by atoms with van der Waals surface area (Å²) in [6, 6.07) is 7.23. The molecular formula is C12H6Br2ClF3S. The van der Waals surface area contributed by atoms with Gasteiger partial charge < -0.3 is 0 Å². The maximum absolute atomic E-state index is 13.0. The van der Waals surface area contributed by atoms with Crippen molar-refractivity contribution < 1.29 is 13.2 Å². The molecule has 0 saturated heterocycles. The first-order valence-corrected chi connectivity index (χ1v) is 7.96. The third-order valence-corrected chi connectivity index (χ3v) is 6.28. The van der Waals surface area contributed by atoms with E-state index in [1.54, 1.807) is 12.1 Å². The summed E-state index contributed by atoms with van der Waals surface area (Å²) in [6.45, 7) is 0. The molecule has 0 saturated carbocycles. The van der Waals surface area contributed by atoms with Crippen LogP contribution in [0, 0.1) is 0 Å². The number of alkyl halides is 4. The van der Waals surface area contributed by atoms with Crippen molar-refractivity contribution in [2.24, 2.45) is 0 Å². The van der Waals surface area contributed by atoms with Crippen molar-refractivity contribution in [2.75, 3.05) is 0 Å². The van der Waals surface area contributed by atoms with Crippen LogP contribution in [0.5, 0.6) is 0 Å². The molecular weight excluding hydrogens is 428 g/mol. The topological polar surface area (TPSA) is 0 Å². The number of rotatable bonds is 2. The average molecular weight is 435 g/mol. The van der Waals surface area contributed by atoms with E-state index < -0.39 is 16.6 Å². The molecule has 0 amide bonds. The predicted molar refractivity (Wildman–Crippen MR) is 79.2 cm³/mol. The van der Waals surface area contributed by atoms with Crippen molar-refractivity contribution in [3.63, 3.8) is 0 Å². The van der Waals surface area contributed by atoms with E-state index in [4.69, 9.17) is 11.6 Å². The number of hydrogen-bond acceptors (Lipinski definition) is 1. The summed E-state index contributed by atoms with van der Waals surface area (Å²) in [6.07, 6.45) is -4.37. The molecule has 1 atom stereocenters. The van der Waals surface area contributed by atoms with Crippen LogP contribution in [0.4, 0.5) is 13.2 Å². The molecule has 0 fully saturated rings. The summed E-state index contributed by atoms with van der Waals surface area (Å²) < 4.78 is 40.1. The molecule has 0 aliphatic rings. The lowest BCUT2D eigenvalue weighted by molar-refractivity contribution is -0.138. The van der Waals surface area contributed by atoms with Crippen LogP contribution in [-0.4, -0.2) is 0 Å². The Morgan fingerprint density at radius 1 is 1.21 bits per heavy atom. The van der Waals surface area contributed by atoms with Gasteiger partial charge in [0.1, 0.15) is 4.34 Å². The van der Waals surface area contributed by atoms with Gasteiger partial charge in [-0.3, -0.25) is 0 Å². The second-order valence-electron chi connectivity index (χ2n) is 3.72. The monoisotopic (exact) mass is 432 g/mol. The van der Waals surface area contributed by atoms with Crippen LogP contribution in [0.25, 0.3) is 0 Å². The lowest BCUT2D eigenvalue weighted by atomic mass is 10.0. The van der Waals surface area contributed by atoms with E-state index in [0.29, 0.717) is 13.7 Å². The van der Waals surface area contributed by atoms with Crippen molar-refractivity contribution in [3.05, 3.63) is 55.1 Å². The Morgan fingerprint density at radius 3 is 2.37 bits per heavy atom. The van der Waals surface area contributed by atoms with E-state index in [-0.39, 0.29) is 5.56 Å². The fraction of sp³-hybridized carbons (Fsp3) is 0.167. The molecule has 0 radical (unpaired) electrons. The zero-order valence-corrected chi connectivity index (χ0v) is 13.9. The van der Waals surface area contributed by atoms with Gasteiger partial charge in [-0.2, -0.15) is 13.2 Å². The van der Waals surface area contributed by atoms with Gasteiger partial charge in [0.15, 0.2) is 0 Å². The third kappa shape index (κ3) is 3.35. The zero-order valence-electron chi connectivity index (χ0n) is 9.14. The molecule has 2 aromatic rings. The summed E-state index contributed by atoms with van der Waals surface area (Å²) in [5.74, 6) is 0. The summed E-state index contributed by atoms with van der Waals surface area (Å²) in [5.41, 5.74) is -0.460. The highest BCUT2D eigenvalue weighted by Gasteiger charge is 2.35. The Kier molecular flexibility index (Phi) is 4.65. The highest BCUT2D eigenvalue weighted by molar-refractivity contribution is 9.10. The molecule has 7 heteroatoms. The fourth-order valence-electron chi connectivity index (χ4n) is 1.62. The van der Waals surface area contributed by atoms with Crippen LogP contribution < -0.4 is 0 Å². The van der Waals surface area contributed by atoms with E-state index in [0.717, 1.165) is 6.07 Å². The maximum Gasteiger partial charge on any atom is 0.416 e. The lowest BCUT2D eigenvalue weighted by Crippen LogP contribution is -2.10. The first-order valence-electron chi connectivity index (χ1n) is 5.05. The molecule has 19 heavy (non-hydrogen) atoms. The molecule has 2 rings (SSSR count). The van der Waals surface area contributed by atoms with Gasteiger partial charge in [-0.25, -0.2) is 0 Å². The molecule has 0 spiro atoms. The van der Waals surface area contributed by atoms with Crippen LogP contribution >= 0.6 is 54.8 Å². The number of thiophene rings is 1. The summed E-state index contributed by atoms with van der Waals surface area (Å²) in [5, 5.41) is 0. The van der Waals surface area contributed by atoms with Crippen LogP contribution in [0.2, 0.25) is 4.34 Å². The Morgan fingerprint density at radius 2 is 1.84 bits per heavy atom. The summed E-state index contributed by atoms with van der Waals surface area (Å²) >= 11 is 13.7. The fourth-order valence-corrected chi connectivity index (χ4v) is 4.16. The van der Waals surface area contributed by atoms with Crippen LogP contribution in [0.3, 0.4) is 0 Å². The highest BCUT2D eigenvalue weighted by atomic mass is 79.9. The number of benzene rings is 1. The largest absolute Gasteiger partial charge is 0.416 e. The first-order chi connectivity index (χ1) is 8.80. The minimum absolute atomic E-state index is 0.181. The SMILES string of the molecule is FC(F)(F)c1ccccc1C(Br)c1cc(Br)c(Cl)s1. The van der Waals surface area contributed by atoms with Crippen molar-refractivity contribution in [3.8, 4) is 0 Å². The number of halogens is 6. The van der Waals surface area contributed by atoms with Crippen LogP contribution in [0.15, 0.2) is 34.8 Å². The van der Waals surface area contributed by atoms with Gasteiger partial charge in [-0.05, 0) is 33.6 Å². The second-order valence-corrected chi connectivity index (χ2v) is 7.17. The van der Waals surface area contributed by atoms with Gasteiger partial charge >= 0.3 is 6.18 Å². The molecule has 0 N–H and O–H groups in total. The Balaban J connectivity index is 2.47. The van der Waals surface area contributed by atoms with Gasteiger partial charge in [0.25, 0.3) is 0 Å². The van der Waals surface area contributed by atoms with Crippen molar-refractivity contribution in [2.45, 2.75) is 11.0 Å². The molecule has 1 heterocycles. The van der Waals surface area contributed by atoms with E-state index in [9.17, 15) is 13.2 Å². The van der Waals surface area contributed by atoms with Gasteiger partial charge in [0.2, 0.25) is 0 Å². The van der Waals surface area contributed by atoms with E-state index >= 15 is 0 Å². The summed E-state index contributed by atoms with van der Waals surface area (Å²) in [7, 11) is 0. The maximum atomic E-state index is 13.0. The van der Waals surface area contributed by atoms with Crippen LogP contribution in [-0.2, 0) is 6.18 Å². The van der Waals surface area contributed by atoms with Gasteiger partial charge in [0, 0.05) is 9.35 Å². The first kappa shape index (κ1) is 15.4. The number of hydrogen-bond donors (Lipinski definition) is 0. The average Bonchev–Trinajstić information content (AvgIpc) is 2.68. The minimum atomic E-state index is -4.37. The van der Waals surface area contributed by atoms with Gasteiger partial charge in [-0.1, -0.05) is 45.7 Å². The molecule has 1 aromatic heterocycles. The van der Waals surface area contributed by atoms with Crippen molar-refractivity contribution >= 4 is 54.8 Å². The van der Waals surface area contributed by atoms with Crippen molar-refractivity contribution in [1.82, 2.24) is 0 Å². The minimum Gasteiger partial charge on any atom is -0.166 e. The second kappa shape index (κ2) is 5.76. The molecule has 1 aromatic carbocycles.